The van der Waals surface area contributed by atoms with Crippen molar-refractivity contribution in [2.24, 2.45) is 0 Å². The quantitative estimate of drug-likeness (QED) is 0.612. The first kappa shape index (κ1) is 7.53. The minimum Gasteiger partial charge on any atom is -0.174 e. The first-order valence-corrected chi connectivity index (χ1v) is 4.24. The molecule has 0 atom stereocenters. The van der Waals surface area contributed by atoms with Gasteiger partial charge >= 0.3 is 0 Å². The first-order chi connectivity index (χ1) is 4.93. The van der Waals surface area contributed by atoms with E-state index in [9.17, 15) is 0 Å². The monoisotopic (exact) mass is 158 g/mol. The highest BCUT2D eigenvalue weighted by Gasteiger charge is 1.90. The van der Waals surface area contributed by atoms with E-state index < -0.39 is 0 Å². The molecule has 5 heteroatoms. The molecule has 0 amide bonds. The van der Waals surface area contributed by atoms with E-state index in [1.807, 2.05) is 0 Å². The molecule has 0 radical (unpaired) electrons. The molecule has 0 N–H and O–H groups in total. The molecule has 0 unspecified atom stereocenters. The fraction of sp³-hybridized carbons (Fsp3) is 0.800. The number of aromatic nitrogens is 4. The maximum Gasteiger partial charge on any atom is 0.150 e. The van der Waals surface area contributed by atoms with Crippen LogP contribution in [0.1, 0.15) is 19.8 Å². The standard InChI is InChI=1S/C5H10N4S/c1-2-3-4-10-9-5-6-7-8-9/h5H,2-4H2,1H3. The van der Waals surface area contributed by atoms with E-state index >= 15 is 0 Å². The molecular weight excluding hydrogens is 148 g/mol. The van der Waals surface area contributed by atoms with Crippen molar-refractivity contribution in [3.05, 3.63) is 6.33 Å². The summed E-state index contributed by atoms with van der Waals surface area (Å²) in [6.07, 6.45) is 4.04. The molecule has 1 heterocycles. The third-order valence-electron chi connectivity index (χ3n) is 1.05. The number of hydrogen-bond acceptors (Lipinski definition) is 4. The van der Waals surface area contributed by atoms with Crippen LogP contribution in [0.25, 0.3) is 0 Å². The molecule has 4 nitrogen and oxygen atoms in total. The van der Waals surface area contributed by atoms with Gasteiger partial charge in [0.2, 0.25) is 0 Å². The Morgan fingerprint density at radius 1 is 1.60 bits per heavy atom. The van der Waals surface area contributed by atoms with Gasteiger partial charge < -0.3 is 0 Å². The Balaban J connectivity index is 2.15. The lowest BCUT2D eigenvalue weighted by Gasteiger charge is -1.94. The van der Waals surface area contributed by atoms with E-state index in [-0.39, 0.29) is 0 Å². The van der Waals surface area contributed by atoms with Gasteiger partial charge in [-0.15, -0.1) is 5.10 Å². The van der Waals surface area contributed by atoms with Gasteiger partial charge in [-0.05, 0) is 28.8 Å². The molecule has 0 aliphatic rings. The molecule has 0 aromatic carbocycles. The van der Waals surface area contributed by atoms with Gasteiger partial charge in [-0.3, -0.25) is 0 Å². The zero-order valence-electron chi connectivity index (χ0n) is 5.90. The van der Waals surface area contributed by atoms with Crippen LogP contribution in [0.5, 0.6) is 0 Å². The Kier molecular flexibility index (Phi) is 3.21. The highest BCUT2D eigenvalue weighted by molar-refractivity contribution is 7.97. The van der Waals surface area contributed by atoms with Crippen LogP contribution in [-0.4, -0.2) is 25.4 Å². The predicted octanol–water partition coefficient (Wildman–Crippen LogP) is 0.969. The first-order valence-electron chi connectivity index (χ1n) is 3.29. The topological polar surface area (TPSA) is 43.6 Å². The van der Waals surface area contributed by atoms with Crippen LogP contribution in [0, 0.1) is 0 Å². The lowest BCUT2D eigenvalue weighted by atomic mass is 10.4. The summed E-state index contributed by atoms with van der Waals surface area (Å²) in [6.45, 7) is 2.17. The predicted molar refractivity (Wildman–Crippen MR) is 40.6 cm³/mol. The molecule has 1 aromatic rings. The fourth-order valence-electron chi connectivity index (χ4n) is 0.514. The molecule has 0 spiro atoms. The van der Waals surface area contributed by atoms with Gasteiger partial charge in [-0.1, -0.05) is 13.3 Å². The third-order valence-corrected chi connectivity index (χ3v) is 1.95. The minimum absolute atomic E-state index is 1.08. The molecule has 56 valence electrons. The second kappa shape index (κ2) is 4.27. The summed E-state index contributed by atoms with van der Waals surface area (Å²) in [4.78, 5) is 0. The van der Waals surface area contributed by atoms with Gasteiger partial charge in [0.1, 0.15) is 0 Å². The number of tetrazole rings is 1. The van der Waals surface area contributed by atoms with Crippen molar-refractivity contribution in [3.8, 4) is 0 Å². The third kappa shape index (κ3) is 2.34. The molecule has 0 bridgehead atoms. The van der Waals surface area contributed by atoms with E-state index in [2.05, 4.69) is 22.4 Å². The van der Waals surface area contributed by atoms with E-state index in [4.69, 9.17) is 0 Å². The number of rotatable bonds is 4. The van der Waals surface area contributed by atoms with Crippen LogP contribution >= 0.6 is 11.9 Å². The van der Waals surface area contributed by atoms with Gasteiger partial charge in [0.15, 0.2) is 6.33 Å². The van der Waals surface area contributed by atoms with Crippen molar-refractivity contribution < 1.29 is 0 Å². The molecule has 1 aromatic heterocycles. The van der Waals surface area contributed by atoms with Crippen LogP contribution in [-0.2, 0) is 0 Å². The summed E-state index contributed by atoms with van der Waals surface area (Å²) >= 11 is 1.63. The average Bonchev–Trinajstić information content (AvgIpc) is 2.41. The largest absolute Gasteiger partial charge is 0.174 e. The van der Waals surface area contributed by atoms with E-state index in [0.29, 0.717) is 0 Å². The Morgan fingerprint density at radius 3 is 3.10 bits per heavy atom. The lowest BCUT2D eigenvalue weighted by Crippen LogP contribution is -1.89. The summed E-state index contributed by atoms with van der Waals surface area (Å²) in [7, 11) is 0. The van der Waals surface area contributed by atoms with Crippen LogP contribution in [0.4, 0.5) is 0 Å². The molecule has 0 saturated carbocycles. The van der Waals surface area contributed by atoms with Crippen LogP contribution in [0.15, 0.2) is 6.33 Å². The van der Waals surface area contributed by atoms with Crippen molar-refractivity contribution in [3.63, 3.8) is 0 Å². The van der Waals surface area contributed by atoms with Gasteiger partial charge in [0, 0.05) is 5.75 Å². The van der Waals surface area contributed by atoms with Crippen molar-refractivity contribution in [2.75, 3.05) is 5.75 Å². The molecule has 0 aliphatic carbocycles. The number of hydrogen-bond donors (Lipinski definition) is 0. The molecule has 0 fully saturated rings. The molecular formula is C5H10N4S. The molecule has 1 rings (SSSR count). The van der Waals surface area contributed by atoms with Gasteiger partial charge in [0.05, 0.1) is 0 Å². The Hall–Kier alpha value is -0.580. The average molecular weight is 158 g/mol. The molecule has 0 aliphatic heterocycles. The zero-order chi connectivity index (χ0) is 7.23. The summed E-state index contributed by atoms with van der Waals surface area (Å²) < 4.78 is 1.68. The van der Waals surface area contributed by atoms with Crippen molar-refractivity contribution in [2.45, 2.75) is 19.8 Å². The maximum absolute atomic E-state index is 3.71. The molecule has 10 heavy (non-hydrogen) atoms. The van der Waals surface area contributed by atoms with E-state index in [0.717, 1.165) is 5.75 Å². The fourth-order valence-corrected chi connectivity index (χ4v) is 1.31. The van der Waals surface area contributed by atoms with Gasteiger partial charge in [-0.25, -0.2) is 0 Å². The number of nitrogens with zero attached hydrogens (tertiary/aromatic N) is 4. The van der Waals surface area contributed by atoms with E-state index in [1.165, 1.54) is 12.8 Å². The second-order valence-electron chi connectivity index (χ2n) is 1.90. The Bertz CT molecular complexity index is 162. The van der Waals surface area contributed by atoms with Crippen LogP contribution in [0.2, 0.25) is 0 Å². The van der Waals surface area contributed by atoms with Crippen LogP contribution < -0.4 is 0 Å². The summed E-state index contributed by atoms with van der Waals surface area (Å²) in [5.41, 5.74) is 0. The second-order valence-corrected chi connectivity index (χ2v) is 2.94. The molecule has 0 saturated heterocycles. The SMILES string of the molecule is CCCCSn1cnnn1. The number of unbranched alkanes of at least 4 members (excludes halogenated alkanes) is 1. The normalized spacial score (nSPS) is 10.1. The van der Waals surface area contributed by atoms with Crippen LogP contribution in [0.3, 0.4) is 0 Å². The van der Waals surface area contributed by atoms with Gasteiger partial charge in [-0.2, -0.15) is 4.09 Å². The Morgan fingerprint density at radius 2 is 2.50 bits per heavy atom. The minimum atomic E-state index is 1.08. The highest BCUT2D eigenvalue weighted by Crippen LogP contribution is 2.03. The lowest BCUT2D eigenvalue weighted by molar-refractivity contribution is 0.844. The van der Waals surface area contributed by atoms with Crippen molar-refractivity contribution >= 4 is 11.9 Å². The summed E-state index contributed by atoms with van der Waals surface area (Å²) in [5.74, 6) is 1.08. The summed E-state index contributed by atoms with van der Waals surface area (Å²) in [5, 5.41) is 10.7. The van der Waals surface area contributed by atoms with Gasteiger partial charge in [0.25, 0.3) is 0 Å². The Labute approximate surface area is 64.1 Å². The summed E-state index contributed by atoms with van der Waals surface area (Å²) in [6, 6.07) is 0. The smallest absolute Gasteiger partial charge is 0.150 e. The van der Waals surface area contributed by atoms with Crippen molar-refractivity contribution in [1.82, 2.24) is 19.6 Å². The maximum atomic E-state index is 3.71. The van der Waals surface area contributed by atoms with E-state index in [1.54, 1.807) is 22.4 Å². The highest BCUT2D eigenvalue weighted by atomic mass is 32.2. The van der Waals surface area contributed by atoms with Crippen molar-refractivity contribution in [1.29, 1.82) is 0 Å². The zero-order valence-corrected chi connectivity index (χ0v) is 6.71.